The number of hydrogen-bond acceptors (Lipinski definition) is 3. The first kappa shape index (κ1) is 15.3. The predicted octanol–water partition coefficient (Wildman–Crippen LogP) is 0.879. The quantitative estimate of drug-likeness (QED) is 0.803. The van der Waals surface area contributed by atoms with Gasteiger partial charge in [-0.1, -0.05) is 6.92 Å². The minimum atomic E-state index is -0.378. The monoisotopic (exact) mass is 281 g/mol. The lowest BCUT2D eigenvalue weighted by Gasteiger charge is -2.35. The van der Waals surface area contributed by atoms with Gasteiger partial charge >= 0.3 is 0 Å². The van der Waals surface area contributed by atoms with E-state index in [1.807, 2.05) is 0 Å². The van der Waals surface area contributed by atoms with Crippen LogP contribution in [0.4, 0.5) is 0 Å². The molecule has 2 fully saturated rings. The summed E-state index contributed by atoms with van der Waals surface area (Å²) in [7, 11) is 0. The van der Waals surface area contributed by atoms with Gasteiger partial charge < -0.3 is 16.0 Å². The maximum Gasteiger partial charge on any atom is 0.240 e. The molecule has 2 heterocycles. The number of carbonyl (C=O) groups is 2. The van der Waals surface area contributed by atoms with Gasteiger partial charge in [0.1, 0.15) is 6.04 Å². The molecule has 3 N–H and O–H groups in total. The Hall–Kier alpha value is -1.10. The van der Waals surface area contributed by atoms with Gasteiger partial charge in [0, 0.05) is 13.0 Å². The van der Waals surface area contributed by atoms with Crippen LogP contribution in [0.15, 0.2) is 0 Å². The molecule has 0 saturated carbocycles. The Morgan fingerprint density at radius 3 is 2.60 bits per heavy atom. The third kappa shape index (κ3) is 3.72. The zero-order valence-corrected chi connectivity index (χ0v) is 12.4. The molecule has 0 aromatic rings. The molecule has 2 unspecified atom stereocenters. The summed E-state index contributed by atoms with van der Waals surface area (Å²) in [5, 5.41) is 3.35. The summed E-state index contributed by atoms with van der Waals surface area (Å²) in [6.07, 6.45) is 5.54. The normalized spacial score (nSPS) is 26.2. The highest BCUT2D eigenvalue weighted by Crippen LogP contribution is 2.26. The van der Waals surface area contributed by atoms with Crippen molar-refractivity contribution in [3.8, 4) is 0 Å². The molecule has 2 saturated heterocycles. The average Bonchev–Trinajstić information content (AvgIpc) is 2.48. The lowest BCUT2D eigenvalue weighted by Crippen LogP contribution is -2.51. The number of amides is 2. The molecule has 5 heteroatoms. The van der Waals surface area contributed by atoms with Crippen molar-refractivity contribution < 1.29 is 9.59 Å². The summed E-state index contributed by atoms with van der Waals surface area (Å²) in [6.45, 7) is 4.95. The number of nitrogens with two attached hydrogens (primary N) is 1. The van der Waals surface area contributed by atoms with Crippen LogP contribution in [-0.4, -0.2) is 42.4 Å². The molecule has 0 bridgehead atoms. The van der Waals surface area contributed by atoms with Gasteiger partial charge in [0.2, 0.25) is 11.8 Å². The van der Waals surface area contributed by atoms with Crippen molar-refractivity contribution in [2.24, 2.45) is 17.6 Å². The van der Waals surface area contributed by atoms with Crippen molar-refractivity contribution in [1.29, 1.82) is 0 Å². The van der Waals surface area contributed by atoms with E-state index in [1.165, 1.54) is 0 Å². The number of piperidine rings is 2. The maximum absolute atomic E-state index is 12.5. The number of likely N-dealkylation sites (tertiary alicyclic amines) is 1. The van der Waals surface area contributed by atoms with Crippen molar-refractivity contribution in [2.75, 3.05) is 19.6 Å². The van der Waals surface area contributed by atoms with Gasteiger partial charge in [0.25, 0.3) is 0 Å². The zero-order chi connectivity index (χ0) is 14.5. The fourth-order valence-corrected chi connectivity index (χ4v) is 3.50. The molecule has 0 spiro atoms. The average molecular weight is 281 g/mol. The Bertz CT molecular complexity index is 353. The van der Waals surface area contributed by atoms with Gasteiger partial charge in [0.15, 0.2) is 0 Å². The largest absolute Gasteiger partial charge is 0.368 e. The van der Waals surface area contributed by atoms with Gasteiger partial charge in [-0.3, -0.25) is 9.59 Å². The topological polar surface area (TPSA) is 75.4 Å². The summed E-state index contributed by atoms with van der Waals surface area (Å²) in [4.78, 5) is 25.7. The van der Waals surface area contributed by atoms with Crippen LogP contribution < -0.4 is 11.1 Å². The van der Waals surface area contributed by atoms with E-state index >= 15 is 0 Å². The number of rotatable bonds is 4. The Morgan fingerprint density at radius 2 is 1.95 bits per heavy atom. The second-order valence-electron chi connectivity index (χ2n) is 6.27. The summed E-state index contributed by atoms with van der Waals surface area (Å²) >= 11 is 0. The number of primary amides is 1. The number of hydrogen-bond donors (Lipinski definition) is 2. The van der Waals surface area contributed by atoms with E-state index in [1.54, 1.807) is 4.90 Å². The van der Waals surface area contributed by atoms with Crippen LogP contribution in [0, 0.1) is 11.8 Å². The van der Waals surface area contributed by atoms with Crippen molar-refractivity contribution in [2.45, 2.75) is 51.5 Å². The fraction of sp³-hybridized carbons (Fsp3) is 0.867. The van der Waals surface area contributed by atoms with Crippen LogP contribution in [0.1, 0.15) is 45.4 Å². The third-order valence-electron chi connectivity index (χ3n) is 4.84. The van der Waals surface area contributed by atoms with E-state index in [4.69, 9.17) is 5.73 Å². The number of carbonyl (C=O) groups excluding carboxylic acids is 2. The predicted molar refractivity (Wildman–Crippen MR) is 77.9 cm³/mol. The molecule has 2 rings (SSSR count). The molecule has 20 heavy (non-hydrogen) atoms. The smallest absolute Gasteiger partial charge is 0.240 e. The Morgan fingerprint density at radius 1 is 1.25 bits per heavy atom. The van der Waals surface area contributed by atoms with Crippen LogP contribution in [0.25, 0.3) is 0 Å². The molecule has 2 aliphatic rings. The highest BCUT2D eigenvalue weighted by Gasteiger charge is 2.32. The van der Waals surface area contributed by atoms with E-state index in [0.29, 0.717) is 24.8 Å². The van der Waals surface area contributed by atoms with Crippen LogP contribution >= 0.6 is 0 Å². The van der Waals surface area contributed by atoms with Gasteiger partial charge in [-0.2, -0.15) is 0 Å². The van der Waals surface area contributed by atoms with Gasteiger partial charge in [-0.25, -0.2) is 0 Å². The first-order chi connectivity index (χ1) is 9.59. The van der Waals surface area contributed by atoms with Crippen molar-refractivity contribution in [3.05, 3.63) is 0 Å². The van der Waals surface area contributed by atoms with Gasteiger partial charge in [-0.15, -0.1) is 0 Å². The zero-order valence-electron chi connectivity index (χ0n) is 12.4. The van der Waals surface area contributed by atoms with Crippen LogP contribution in [0.3, 0.4) is 0 Å². The minimum absolute atomic E-state index is 0.111. The van der Waals surface area contributed by atoms with E-state index < -0.39 is 0 Å². The van der Waals surface area contributed by atoms with E-state index in [9.17, 15) is 9.59 Å². The van der Waals surface area contributed by atoms with Crippen molar-refractivity contribution in [1.82, 2.24) is 10.2 Å². The molecule has 0 radical (unpaired) electrons. The van der Waals surface area contributed by atoms with Crippen LogP contribution in [-0.2, 0) is 9.59 Å². The van der Waals surface area contributed by atoms with Gasteiger partial charge in [-0.05, 0) is 57.0 Å². The first-order valence-electron chi connectivity index (χ1n) is 7.89. The molecule has 2 amide bonds. The second kappa shape index (κ2) is 7.07. The summed E-state index contributed by atoms with van der Waals surface area (Å²) < 4.78 is 0. The van der Waals surface area contributed by atoms with Crippen molar-refractivity contribution in [3.63, 3.8) is 0 Å². The molecular weight excluding hydrogens is 254 g/mol. The minimum Gasteiger partial charge on any atom is -0.368 e. The Labute approximate surface area is 121 Å². The second-order valence-corrected chi connectivity index (χ2v) is 6.27. The van der Waals surface area contributed by atoms with Crippen LogP contribution in [0.2, 0.25) is 0 Å². The van der Waals surface area contributed by atoms with Gasteiger partial charge in [0.05, 0.1) is 0 Å². The summed E-state index contributed by atoms with van der Waals surface area (Å²) in [6, 6.07) is -0.378. The number of nitrogens with one attached hydrogen (secondary N) is 1. The molecular formula is C15H27N3O2. The summed E-state index contributed by atoms with van der Waals surface area (Å²) in [5.74, 6) is 0.768. The van der Waals surface area contributed by atoms with E-state index in [-0.39, 0.29) is 17.9 Å². The maximum atomic E-state index is 12.5. The molecule has 0 aromatic carbocycles. The molecule has 114 valence electrons. The molecule has 2 aliphatic heterocycles. The summed E-state index contributed by atoms with van der Waals surface area (Å²) in [5.41, 5.74) is 5.43. The van der Waals surface area contributed by atoms with E-state index in [2.05, 4.69) is 12.2 Å². The third-order valence-corrected chi connectivity index (χ3v) is 4.84. The molecule has 5 nitrogen and oxygen atoms in total. The molecule has 0 aliphatic carbocycles. The molecule has 2 atom stereocenters. The Balaban J connectivity index is 1.90. The molecule has 0 aromatic heterocycles. The van der Waals surface area contributed by atoms with E-state index in [0.717, 1.165) is 45.2 Å². The number of nitrogens with zero attached hydrogens (tertiary/aromatic N) is 1. The van der Waals surface area contributed by atoms with Crippen LogP contribution in [0.5, 0.6) is 0 Å². The van der Waals surface area contributed by atoms with Crippen molar-refractivity contribution >= 4 is 11.8 Å². The fourth-order valence-electron chi connectivity index (χ4n) is 3.50. The first-order valence-corrected chi connectivity index (χ1v) is 7.89. The lowest BCUT2D eigenvalue weighted by molar-refractivity contribution is -0.142. The standard InChI is InChI=1S/C15H27N3O2/c1-11(12-5-7-17-8-6-12)10-14(19)18-9-3-2-4-13(18)15(16)20/h11-13,17H,2-10H2,1H3,(H2,16,20). The highest BCUT2D eigenvalue weighted by atomic mass is 16.2. The Kier molecular flexibility index (Phi) is 5.40. The lowest BCUT2D eigenvalue weighted by atomic mass is 9.83. The SMILES string of the molecule is CC(CC(=O)N1CCCCC1C(N)=O)C1CCNCC1. The highest BCUT2D eigenvalue weighted by molar-refractivity contribution is 5.86.